The Morgan fingerprint density at radius 2 is 1.92 bits per heavy atom. The zero-order valence-electron chi connectivity index (χ0n) is 14.8. The average molecular weight is 384 g/mol. The van der Waals surface area contributed by atoms with E-state index in [0.717, 1.165) is 0 Å². The fraction of sp³-hybridized carbons (Fsp3) is 0.529. The summed E-state index contributed by atoms with van der Waals surface area (Å²) in [7, 11) is -1.99. The van der Waals surface area contributed by atoms with Crippen molar-refractivity contribution in [1.29, 1.82) is 0 Å². The third kappa shape index (κ3) is 5.18. The highest BCUT2D eigenvalue weighted by Crippen LogP contribution is 2.23. The van der Waals surface area contributed by atoms with Gasteiger partial charge in [-0.3, -0.25) is 4.79 Å². The standard InChI is InChI=1S/C17H24N2O6S/c1-12-9-13(16(20)21)11-19(10-12)17(22)18-14-3-5-15(6-4-14)26(23,24)8-7-25-2/h3-6,12-13H,7-11H2,1-2H3,(H,18,22)(H,20,21). The lowest BCUT2D eigenvalue weighted by molar-refractivity contribution is -0.143. The summed E-state index contributed by atoms with van der Waals surface area (Å²) >= 11 is 0. The molecule has 9 heteroatoms. The van der Waals surface area contributed by atoms with Crippen LogP contribution in [0.2, 0.25) is 0 Å². The first-order valence-electron chi connectivity index (χ1n) is 8.33. The first-order valence-corrected chi connectivity index (χ1v) is 9.98. The number of carboxylic acids is 1. The van der Waals surface area contributed by atoms with Crippen LogP contribution >= 0.6 is 0 Å². The van der Waals surface area contributed by atoms with E-state index in [2.05, 4.69) is 5.32 Å². The van der Waals surface area contributed by atoms with E-state index in [1.54, 1.807) is 0 Å². The number of aliphatic carboxylic acids is 1. The van der Waals surface area contributed by atoms with Crippen LogP contribution in [0, 0.1) is 11.8 Å². The number of benzene rings is 1. The number of ether oxygens (including phenoxy) is 1. The van der Waals surface area contributed by atoms with E-state index in [0.29, 0.717) is 18.7 Å². The average Bonchev–Trinajstić information content (AvgIpc) is 2.60. The van der Waals surface area contributed by atoms with Gasteiger partial charge in [-0.05, 0) is 36.6 Å². The number of carbonyl (C=O) groups is 2. The first-order chi connectivity index (χ1) is 12.2. The monoisotopic (exact) mass is 384 g/mol. The molecule has 0 aromatic heterocycles. The number of anilines is 1. The third-order valence-electron chi connectivity index (χ3n) is 4.32. The van der Waals surface area contributed by atoms with Crippen molar-refractivity contribution in [1.82, 2.24) is 4.90 Å². The molecule has 2 N–H and O–H groups in total. The Labute approximate surface area is 153 Å². The van der Waals surface area contributed by atoms with Crippen LogP contribution in [0.15, 0.2) is 29.2 Å². The summed E-state index contributed by atoms with van der Waals surface area (Å²) in [5.41, 5.74) is 0.450. The van der Waals surface area contributed by atoms with Crippen molar-refractivity contribution in [3.05, 3.63) is 24.3 Å². The van der Waals surface area contributed by atoms with E-state index in [1.165, 1.54) is 36.3 Å². The van der Waals surface area contributed by atoms with E-state index in [4.69, 9.17) is 4.74 Å². The van der Waals surface area contributed by atoms with E-state index in [1.807, 2.05) is 6.92 Å². The summed E-state index contributed by atoms with van der Waals surface area (Å²) in [6.07, 6.45) is 0.549. The minimum Gasteiger partial charge on any atom is -0.481 e. The maximum absolute atomic E-state index is 12.4. The lowest BCUT2D eigenvalue weighted by atomic mass is 9.91. The zero-order valence-corrected chi connectivity index (χ0v) is 15.7. The molecular formula is C17H24N2O6S. The fourth-order valence-corrected chi connectivity index (χ4v) is 4.13. The smallest absolute Gasteiger partial charge is 0.321 e. The Morgan fingerprint density at radius 1 is 1.27 bits per heavy atom. The molecule has 1 saturated heterocycles. The Hall–Kier alpha value is -2.13. The summed E-state index contributed by atoms with van der Waals surface area (Å²) in [6, 6.07) is 5.50. The van der Waals surface area contributed by atoms with Gasteiger partial charge in [0.2, 0.25) is 0 Å². The minimum absolute atomic E-state index is 0.101. The number of urea groups is 1. The third-order valence-corrected chi connectivity index (χ3v) is 6.01. The number of sulfone groups is 1. The van der Waals surface area contributed by atoms with Crippen LogP contribution in [0.5, 0.6) is 0 Å². The van der Waals surface area contributed by atoms with Gasteiger partial charge in [-0.1, -0.05) is 6.92 Å². The van der Waals surface area contributed by atoms with Crippen molar-refractivity contribution in [2.45, 2.75) is 18.2 Å². The summed E-state index contributed by atoms with van der Waals surface area (Å²) in [6.45, 7) is 2.67. The molecule has 26 heavy (non-hydrogen) atoms. The quantitative estimate of drug-likeness (QED) is 0.771. The molecule has 0 saturated carbocycles. The fourth-order valence-electron chi connectivity index (χ4n) is 2.96. The Balaban J connectivity index is 2.02. The molecule has 0 radical (unpaired) electrons. The molecule has 1 aliphatic rings. The van der Waals surface area contributed by atoms with Crippen molar-refractivity contribution in [3.63, 3.8) is 0 Å². The van der Waals surface area contributed by atoms with Crippen LogP contribution < -0.4 is 5.32 Å². The van der Waals surface area contributed by atoms with E-state index in [-0.39, 0.29) is 29.7 Å². The lowest BCUT2D eigenvalue weighted by Gasteiger charge is -2.34. The molecule has 2 amide bonds. The molecular weight excluding hydrogens is 360 g/mol. The van der Waals surface area contributed by atoms with Crippen molar-refractivity contribution in [2.75, 3.05) is 37.9 Å². The van der Waals surface area contributed by atoms with E-state index < -0.39 is 27.8 Å². The Kier molecular flexibility index (Phi) is 6.60. The predicted molar refractivity (Wildman–Crippen MR) is 95.9 cm³/mol. The molecule has 0 aliphatic carbocycles. The molecule has 1 aromatic carbocycles. The number of nitrogens with one attached hydrogen (secondary N) is 1. The molecule has 0 spiro atoms. The summed E-state index contributed by atoms with van der Waals surface area (Å²) in [5, 5.41) is 11.9. The van der Waals surface area contributed by atoms with Gasteiger partial charge in [0, 0.05) is 25.9 Å². The molecule has 1 fully saturated rings. The second-order valence-electron chi connectivity index (χ2n) is 6.55. The topological polar surface area (TPSA) is 113 Å². The molecule has 144 valence electrons. The van der Waals surface area contributed by atoms with Gasteiger partial charge in [-0.25, -0.2) is 13.2 Å². The highest BCUT2D eigenvalue weighted by atomic mass is 32.2. The van der Waals surface area contributed by atoms with Crippen LogP contribution in [0.3, 0.4) is 0 Å². The number of methoxy groups -OCH3 is 1. The number of carboxylic acid groups (broad SMARTS) is 1. The van der Waals surface area contributed by atoms with Gasteiger partial charge in [0.25, 0.3) is 0 Å². The van der Waals surface area contributed by atoms with E-state index >= 15 is 0 Å². The van der Waals surface area contributed by atoms with Gasteiger partial charge in [-0.2, -0.15) is 0 Å². The van der Waals surface area contributed by atoms with Crippen LogP contribution in [0.1, 0.15) is 13.3 Å². The van der Waals surface area contributed by atoms with Crippen molar-refractivity contribution >= 4 is 27.5 Å². The number of carbonyl (C=O) groups excluding carboxylic acids is 1. The largest absolute Gasteiger partial charge is 0.481 e. The number of nitrogens with zero attached hydrogens (tertiary/aromatic N) is 1. The SMILES string of the molecule is COCCS(=O)(=O)c1ccc(NC(=O)N2CC(C)CC(C(=O)O)C2)cc1. The second-order valence-corrected chi connectivity index (χ2v) is 8.66. The van der Waals surface area contributed by atoms with Gasteiger partial charge < -0.3 is 20.1 Å². The molecule has 2 rings (SSSR count). The van der Waals surface area contributed by atoms with Gasteiger partial charge in [-0.15, -0.1) is 0 Å². The highest BCUT2D eigenvalue weighted by molar-refractivity contribution is 7.91. The number of amides is 2. The van der Waals surface area contributed by atoms with Crippen molar-refractivity contribution in [2.24, 2.45) is 11.8 Å². The minimum atomic E-state index is -3.43. The van der Waals surface area contributed by atoms with Gasteiger partial charge in [0.15, 0.2) is 9.84 Å². The van der Waals surface area contributed by atoms with Crippen LogP contribution in [-0.2, 0) is 19.4 Å². The maximum atomic E-state index is 12.4. The number of likely N-dealkylation sites (tertiary alicyclic amines) is 1. The molecule has 1 aliphatic heterocycles. The normalized spacial score (nSPS) is 20.6. The van der Waals surface area contributed by atoms with Crippen molar-refractivity contribution in [3.8, 4) is 0 Å². The molecule has 1 aromatic rings. The second kappa shape index (κ2) is 8.50. The molecule has 1 heterocycles. The van der Waals surface area contributed by atoms with Gasteiger partial charge >= 0.3 is 12.0 Å². The number of hydrogen-bond acceptors (Lipinski definition) is 5. The van der Waals surface area contributed by atoms with Gasteiger partial charge in [0.1, 0.15) is 0 Å². The molecule has 8 nitrogen and oxygen atoms in total. The molecule has 0 bridgehead atoms. The Bertz CT molecular complexity index is 747. The number of hydrogen-bond donors (Lipinski definition) is 2. The molecule has 2 atom stereocenters. The summed E-state index contributed by atoms with van der Waals surface area (Å²) in [4.78, 5) is 25.2. The van der Waals surface area contributed by atoms with Gasteiger partial charge in [0.05, 0.1) is 23.2 Å². The summed E-state index contributed by atoms with van der Waals surface area (Å²) < 4.78 is 28.9. The van der Waals surface area contributed by atoms with Crippen molar-refractivity contribution < 1.29 is 27.9 Å². The lowest BCUT2D eigenvalue weighted by Crippen LogP contribution is -2.47. The highest BCUT2D eigenvalue weighted by Gasteiger charge is 2.31. The van der Waals surface area contributed by atoms with Crippen LogP contribution in [-0.4, -0.2) is 63.0 Å². The summed E-state index contributed by atoms with van der Waals surface area (Å²) in [5.74, 6) is -1.49. The Morgan fingerprint density at radius 3 is 2.50 bits per heavy atom. The van der Waals surface area contributed by atoms with Crippen LogP contribution in [0.4, 0.5) is 10.5 Å². The molecule has 2 unspecified atom stereocenters. The first kappa shape index (κ1) is 20.2. The van der Waals surface area contributed by atoms with E-state index in [9.17, 15) is 23.1 Å². The predicted octanol–water partition coefficient (Wildman–Crippen LogP) is 1.68. The maximum Gasteiger partial charge on any atom is 0.321 e. The number of piperidine rings is 1. The van der Waals surface area contributed by atoms with Crippen LogP contribution in [0.25, 0.3) is 0 Å². The number of rotatable bonds is 6. The zero-order chi connectivity index (χ0) is 19.3.